The lowest BCUT2D eigenvalue weighted by atomic mass is 10.2. The Labute approximate surface area is 143 Å². The summed E-state index contributed by atoms with van der Waals surface area (Å²) in [6.45, 7) is 4.75. The van der Waals surface area contributed by atoms with Crippen LogP contribution in [0.25, 0.3) is 0 Å². The summed E-state index contributed by atoms with van der Waals surface area (Å²) in [4.78, 5) is 4.63. The molecule has 20 heavy (non-hydrogen) atoms. The van der Waals surface area contributed by atoms with Gasteiger partial charge in [-0.25, -0.2) is 4.99 Å². The SMILES string of the molecule is CCNC(=NCc1ccccc1)NCC1CCCS1.I. The lowest BCUT2D eigenvalue weighted by molar-refractivity contribution is 0.727. The van der Waals surface area contributed by atoms with Crippen LogP contribution in [0.1, 0.15) is 25.3 Å². The maximum absolute atomic E-state index is 4.63. The third-order valence-electron chi connectivity index (χ3n) is 3.13. The molecule has 0 aliphatic carbocycles. The maximum Gasteiger partial charge on any atom is 0.191 e. The van der Waals surface area contributed by atoms with Crippen LogP contribution in [0, 0.1) is 0 Å². The molecule has 1 aromatic rings. The molecule has 5 heteroatoms. The third-order valence-corrected chi connectivity index (χ3v) is 4.53. The molecule has 1 unspecified atom stereocenters. The molecule has 1 fully saturated rings. The summed E-state index contributed by atoms with van der Waals surface area (Å²) in [5.41, 5.74) is 1.25. The molecule has 0 saturated carbocycles. The van der Waals surface area contributed by atoms with E-state index in [9.17, 15) is 0 Å². The minimum Gasteiger partial charge on any atom is -0.357 e. The number of thioether (sulfide) groups is 1. The van der Waals surface area contributed by atoms with Gasteiger partial charge < -0.3 is 10.6 Å². The molecular weight excluding hydrogens is 381 g/mol. The van der Waals surface area contributed by atoms with Gasteiger partial charge in [-0.3, -0.25) is 0 Å². The highest BCUT2D eigenvalue weighted by atomic mass is 127. The van der Waals surface area contributed by atoms with E-state index in [2.05, 4.69) is 58.6 Å². The summed E-state index contributed by atoms with van der Waals surface area (Å²) in [5, 5.41) is 7.51. The van der Waals surface area contributed by atoms with Crippen LogP contribution in [0.4, 0.5) is 0 Å². The number of guanidine groups is 1. The first kappa shape index (κ1) is 17.6. The number of nitrogens with one attached hydrogen (secondary N) is 2. The zero-order valence-corrected chi connectivity index (χ0v) is 15.1. The first-order chi connectivity index (χ1) is 9.38. The standard InChI is InChI=1S/C15H23N3S.HI/c1-2-16-15(18-12-14-9-6-10-19-14)17-11-13-7-4-3-5-8-13;/h3-5,7-8,14H,2,6,9-12H2,1H3,(H2,16,17,18);1H. The molecule has 1 aliphatic rings. The fraction of sp³-hybridized carbons (Fsp3) is 0.533. The Kier molecular flexibility index (Phi) is 9.09. The van der Waals surface area contributed by atoms with Gasteiger partial charge in [-0.15, -0.1) is 24.0 Å². The molecule has 3 nitrogen and oxygen atoms in total. The number of hydrogen-bond donors (Lipinski definition) is 2. The number of benzene rings is 1. The van der Waals surface area contributed by atoms with Gasteiger partial charge in [0, 0.05) is 18.3 Å². The number of halogens is 1. The molecule has 1 saturated heterocycles. The Morgan fingerprint density at radius 1 is 1.30 bits per heavy atom. The Balaban J connectivity index is 0.00000200. The second-order valence-electron chi connectivity index (χ2n) is 4.70. The second-order valence-corrected chi connectivity index (χ2v) is 6.10. The zero-order chi connectivity index (χ0) is 13.3. The van der Waals surface area contributed by atoms with Crippen molar-refractivity contribution in [2.75, 3.05) is 18.8 Å². The van der Waals surface area contributed by atoms with Crippen LogP contribution < -0.4 is 10.6 Å². The van der Waals surface area contributed by atoms with E-state index in [1.807, 2.05) is 6.07 Å². The normalized spacial score (nSPS) is 18.4. The summed E-state index contributed by atoms with van der Waals surface area (Å²) in [6, 6.07) is 10.4. The van der Waals surface area contributed by atoms with E-state index in [4.69, 9.17) is 0 Å². The summed E-state index contributed by atoms with van der Waals surface area (Å²) in [5.74, 6) is 2.24. The van der Waals surface area contributed by atoms with Gasteiger partial charge >= 0.3 is 0 Å². The minimum atomic E-state index is 0. The van der Waals surface area contributed by atoms with Crippen LogP contribution in [-0.2, 0) is 6.54 Å². The van der Waals surface area contributed by atoms with Crippen molar-refractivity contribution >= 4 is 41.7 Å². The van der Waals surface area contributed by atoms with E-state index in [0.29, 0.717) is 0 Å². The number of aliphatic imine (C=N–C) groups is 1. The molecule has 1 aromatic carbocycles. The van der Waals surface area contributed by atoms with Crippen molar-refractivity contribution in [1.29, 1.82) is 0 Å². The van der Waals surface area contributed by atoms with E-state index in [1.165, 1.54) is 24.2 Å². The van der Waals surface area contributed by atoms with Crippen LogP contribution in [0.2, 0.25) is 0 Å². The topological polar surface area (TPSA) is 36.4 Å². The van der Waals surface area contributed by atoms with Crippen LogP contribution in [0.5, 0.6) is 0 Å². The number of rotatable bonds is 5. The van der Waals surface area contributed by atoms with Crippen molar-refractivity contribution in [1.82, 2.24) is 10.6 Å². The molecule has 0 aromatic heterocycles. The smallest absolute Gasteiger partial charge is 0.191 e. The summed E-state index contributed by atoms with van der Waals surface area (Å²) < 4.78 is 0. The molecule has 1 atom stereocenters. The first-order valence-electron chi connectivity index (χ1n) is 7.06. The molecule has 0 amide bonds. The molecule has 0 bridgehead atoms. The van der Waals surface area contributed by atoms with Gasteiger partial charge in [0.1, 0.15) is 0 Å². The lowest BCUT2D eigenvalue weighted by Crippen LogP contribution is -2.40. The summed E-state index contributed by atoms with van der Waals surface area (Å²) >= 11 is 2.07. The summed E-state index contributed by atoms with van der Waals surface area (Å²) in [6.07, 6.45) is 2.68. The number of nitrogens with zero attached hydrogens (tertiary/aromatic N) is 1. The first-order valence-corrected chi connectivity index (χ1v) is 8.11. The number of hydrogen-bond acceptors (Lipinski definition) is 2. The molecule has 1 aliphatic heterocycles. The fourth-order valence-corrected chi connectivity index (χ4v) is 3.31. The van der Waals surface area contributed by atoms with E-state index < -0.39 is 0 Å². The van der Waals surface area contributed by atoms with Crippen LogP contribution in [-0.4, -0.2) is 30.1 Å². The molecule has 112 valence electrons. The molecule has 1 heterocycles. The average Bonchev–Trinajstić information content (AvgIpc) is 2.96. The monoisotopic (exact) mass is 405 g/mol. The average molecular weight is 405 g/mol. The van der Waals surface area contributed by atoms with E-state index in [-0.39, 0.29) is 24.0 Å². The Bertz CT molecular complexity index is 391. The Hall–Kier alpha value is -0.430. The summed E-state index contributed by atoms with van der Waals surface area (Å²) in [7, 11) is 0. The van der Waals surface area contributed by atoms with Gasteiger partial charge in [-0.1, -0.05) is 30.3 Å². The highest BCUT2D eigenvalue weighted by Crippen LogP contribution is 2.25. The predicted octanol–water partition coefficient (Wildman–Crippen LogP) is 3.26. The van der Waals surface area contributed by atoms with Crippen molar-refractivity contribution in [3.8, 4) is 0 Å². The van der Waals surface area contributed by atoms with Crippen molar-refractivity contribution in [2.45, 2.75) is 31.6 Å². The molecular formula is C15H24IN3S. The van der Waals surface area contributed by atoms with Crippen molar-refractivity contribution in [2.24, 2.45) is 4.99 Å². The quantitative estimate of drug-likeness (QED) is 0.449. The van der Waals surface area contributed by atoms with Crippen LogP contribution in [0.15, 0.2) is 35.3 Å². The largest absolute Gasteiger partial charge is 0.357 e. The van der Waals surface area contributed by atoms with Crippen LogP contribution >= 0.6 is 35.7 Å². The van der Waals surface area contributed by atoms with Gasteiger partial charge in [0.2, 0.25) is 0 Å². The molecule has 2 rings (SSSR count). The van der Waals surface area contributed by atoms with Crippen molar-refractivity contribution < 1.29 is 0 Å². The molecule has 0 spiro atoms. The molecule has 2 N–H and O–H groups in total. The lowest BCUT2D eigenvalue weighted by Gasteiger charge is -2.14. The van der Waals surface area contributed by atoms with Crippen molar-refractivity contribution in [3.05, 3.63) is 35.9 Å². The predicted molar refractivity (Wildman–Crippen MR) is 100 cm³/mol. The van der Waals surface area contributed by atoms with Gasteiger partial charge in [0.25, 0.3) is 0 Å². The van der Waals surface area contributed by atoms with E-state index in [0.717, 1.165) is 30.8 Å². The van der Waals surface area contributed by atoms with Gasteiger partial charge in [-0.05, 0) is 31.1 Å². The van der Waals surface area contributed by atoms with E-state index in [1.54, 1.807) is 0 Å². The van der Waals surface area contributed by atoms with Gasteiger partial charge in [0.05, 0.1) is 6.54 Å². The zero-order valence-electron chi connectivity index (χ0n) is 12.0. The molecule has 0 radical (unpaired) electrons. The van der Waals surface area contributed by atoms with Crippen molar-refractivity contribution in [3.63, 3.8) is 0 Å². The Morgan fingerprint density at radius 2 is 2.10 bits per heavy atom. The highest BCUT2D eigenvalue weighted by Gasteiger charge is 2.15. The van der Waals surface area contributed by atoms with Crippen LogP contribution in [0.3, 0.4) is 0 Å². The van der Waals surface area contributed by atoms with E-state index >= 15 is 0 Å². The highest BCUT2D eigenvalue weighted by molar-refractivity contribution is 14.0. The second kappa shape index (κ2) is 10.3. The Morgan fingerprint density at radius 3 is 2.75 bits per heavy atom. The minimum absolute atomic E-state index is 0. The maximum atomic E-state index is 4.63. The van der Waals surface area contributed by atoms with Gasteiger partial charge in [0.15, 0.2) is 5.96 Å². The van der Waals surface area contributed by atoms with Gasteiger partial charge in [-0.2, -0.15) is 11.8 Å². The fourth-order valence-electron chi connectivity index (χ4n) is 2.11. The third kappa shape index (κ3) is 6.35.